The largest absolute Gasteiger partial charge is 0.344 e. The van der Waals surface area contributed by atoms with Crippen LogP contribution >= 0.6 is 12.4 Å². The quantitative estimate of drug-likeness (QED) is 0.326. The third kappa shape index (κ3) is 3.61. The van der Waals surface area contributed by atoms with E-state index in [1.165, 1.54) is 0 Å². The minimum absolute atomic E-state index is 0. The van der Waals surface area contributed by atoms with Crippen molar-refractivity contribution in [1.29, 1.82) is 0 Å². The molecule has 0 aromatic heterocycles. The number of carbonyl (C=O) groups is 2. The van der Waals surface area contributed by atoms with E-state index in [0.29, 0.717) is 0 Å². The highest BCUT2D eigenvalue weighted by molar-refractivity contribution is 5.88. The Hall–Kier alpha value is -0.810. The lowest BCUT2D eigenvalue weighted by molar-refractivity contribution is -0.129. The van der Waals surface area contributed by atoms with Gasteiger partial charge in [0.15, 0.2) is 0 Å². The second kappa shape index (κ2) is 5.04. The molecule has 76 valence electrons. The number of nitrogens with two attached hydrogens (primary N) is 1. The number of carbonyl (C=O) groups excluding carboxylic acids is 2. The first kappa shape index (κ1) is 12.2. The first-order valence-corrected chi connectivity index (χ1v) is 3.96. The minimum atomic E-state index is -0.539. The molecule has 0 aliphatic heterocycles. The lowest BCUT2D eigenvalue weighted by Gasteiger charge is -2.10. The summed E-state index contributed by atoms with van der Waals surface area (Å²) in [5, 5.41) is 2.56. The van der Waals surface area contributed by atoms with Crippen molar-refractivity contribution in [2.24, 2.45) is 11.8 Å². The Labute approximate surface area is 82.8 Å². The standard InChI is InChI=1S/C7H13N3O2.ClH/c1-4(6(11)10-8)9-7(12)5-2-3-5;/h4-5H,2-3,8H2,1H3,(H,9,12)(H,10,11);1H. The summed E-state index contributed by atoms with van der Waals surface area (Å²) in [5.74, 6) is 4.59. The molecule has 1 aliphatic carbocycles. The molecule has 13 heavy (non-hydrogen) atoms. The molecule has 1 saturated carbocycles. The fourth-order valence-electron chi connectivity index (χ4n) is 0.867. The Morgan fingerprint density at radius 3 is 2.38 bits per heavy atom. The summed E-state index contributed by atoms with van der Waals surface area (Å²) in [4.78, 5) is 21.9. The van der Waals surface area contributed by atoms with Gasteiger partial charge in [-0.15, -0.1) is 12.4 Å². The van der Waals surface area contributed by atoms with Crippen LogP contribution in [0.2, 0.25) is 0 Å². The van der Waals surface area contributed by atoms with Crippen LogP contribution in [0.5, 0.6) is 0 Å². The van der Waals surface area contributed by atoms with Gasteiger partial charge < -0.3 is 5.32 Å². The summed E-state index contributed by atoms with van der Waals surface area (Å²) < 4.78 is 0. The molecule has 1 rings (SSSR count). The Morgan fingerprint density at radius 1 is 1.46 bits per heavy atom. The van der Waals surface area contributed by atoms with Crippen molar-refractivity contribution in [3.8, 4) is 0 Å². The van der Waals surface area contributed by atoms with E-state index in [2.05, 4.69) is 5.32 Å². The lowest BCUT2D eigenvalue weighted by atomic mass is 10.3. The Balaban J connectivity index is 0.00000144. The Kier molecular flexibility index (Phi) is 4.72. The predicted molar refractivity (Wildman–Crippen MR) is 49.9 cm³/mol. The molecule has 6 heteroatoms. The van der Waals surface area contributed by atoms with Crippen LogP contribution in [0.3, 0.4) is 0 Å². The minimum Gasteiger partial charge on any atom is -0.344 e. The molecule has 1 fully saturated rings. The summed E-state index contributed by atoms with van der Waals surface area (Å²) in [6.45, 7) is 1.60. The zero-order valence-electron chi connectivity index (χ0n) is 7.37. The average molecular weight is 208 g/mol. The molecule has 0 radical (unpaired) electrons. The number of hydrogen-bond acceptors (Lipinski definition) is 3. The zero-order valence-corrected chi connectivity index (χ0v) is 8.19. The first-order valence-electron chi connectivity index (χ1n) is 3.96. The predicted octanol–water partition coefficient (Wildman–Crippen LogP) is -0.687. The van der Waals surface area contributed by atoms with Crippen LogP contribution in [0.1, 0.15) is 19.8 Å². The summed E-state index contributed by atoms with van der Waals surface area (Å²) in [6.07, 6.45) is 1.87. The maximum absolute atomic E-state index is 11.1. The zero-order chi connectivity index (χ0) is 9.14. The maximum Gasteiger partial charge on any atom is 0.256 e. The van der Waals surface area contributed by atoms with Gasteiger partial charge in [-0.2, -0.15) is 0 Å². The van der Waals surface area contributed by atoms with Gasteiger partial charge in [-0.05, 0) is 19.8 Å². The van der Waals surface area contributed by atoms with Crippen molar-refractivity contribution in [2.45, 2.75) is 25.8 Å². The molecule has 0 heterocycles. The summed E-state index contributed by atoms with van der Waals surface area (Å²) in [6, 6.07) is -0.539. The van der Waals surface area contributed by atoms with Crippen LogP contribution in [0.15, 0.2) is 0 Å². The van der Waals surface area contributed by atoms with Gasteiger partial charge in [0.1, 0.15) is 6.04 Å². The van der Waals surface area contributed by atoms with Crippen LogP contribution in [-0.2, 0) is 9.59 Å². The van der Waals surface area contributed by atoms with Gasteiger partial charge in [0.05, 0.1) is 0 Å². The Bertz CT molecular complexity index is 206. The first-order chi connectivity index (χ1) is 5.65. The summed E-state index contributed by atoms with van der Waals surface area (Å²) in [7, 11) is 0. The number of rotatable bonds is 3. The van der Waals surface area contributed by atoms with E-state index >= 15 is 0 Å². The number of hydrogen-bond donors (Lipinski definition) is 3. The van der Waals surface area contributed by atoms with Crippen LogP contribution in [0.25, 0.3) is 0 Å². The van der Waals surface area contributed by atoms with E-state index in [1.807, 2.05) is 5.43 Å². The SMILES string of the molecule is CC(NC(=O)C1CC1)C(=O)NN.Cl. The highest BCUT2D eigenvalue weighted by Gasteiger charge is 2.31. The highest BCUT2D eigenvalue weighted by atomic mass is 35.5. The topological polar surface area (TPSA) is 84.2 Å². The molecule has 2 amide bonds. The van der Waals surface area contributed by atoms with E-state index in [-0.39, 0.29) is 30.1 Å². The van der Waals surface area contributed by atoms with E-state index in [9.17, 15) is 9.59 Å². The normalized spacial score (nSPS) is 16.8. The maximum atomic E-state index is 11.1. The van der Waals surface area contributed by atoms with Gasteiger partial charge >= 0.3 is 0 Å². The lowest BCUT2D eigenvalue weighted by Crippen LogP contribution is -2.47. The second-order valence-electron chi connectivity index (χ2n) is 3.01. The van der Waals surface area contributed by atoms with Gasteiger partial charge in [-0.1, -0.05) is 0 Å². The molecule has 1 unspecified atom stereocenters. The van der Waals surface area contributed by atoms with Crippen molar-refractivity contribution in [3.63, 3.8) is 0 Å². The summed E-state index contributed by atoms with van der Waals surface area (Å²) in [5.41, 5.74) is 1.98. The number of hydrazine groups is 1. The van der Waals surface area contributed by atoms with Crippen LogP contribution in [-0.4, -0.2) is 17.9 Å². The smallest absolute Gasteiger partial charge is 0.256 e. The third-order valence-corrected chi connectivity index (χ3v) is 1.84. The van der Waals surface area contributed by atoms with Crippen molar-refractivity contribution in [2.75, 3.05) is 0 Å². The molecule has 1 aliphatic rings. The molecule has 0 spiro atoms. The monoisotopic (exact) mass is 207 g/mol. The average Bonchev–Trinajstić information content (AvgIpc) is 2.84. The highest BCUT2D eigenvalue weighted by Crippen LogP contribution is 2.28. The van der Waals surface area contributed by atoms with Crippen LogP contribution in [0, 0.1) is 5.92 Å². The molecule has 0 aromatic carbocycles. The number of halogens is 1. The van der Waals surface area contributed by atoms with Crippen molar-refractivity contribution in [3.05, 3.63) is 0 Å². The van der Waals surface area contributed by atoms with Crippen molar-refractivity contribution >= 4 is 24.2 Å². The van der Waals surface area contributed by atoms with Gasteiger partial charge in [-0.3, -0.25) is 15.0 Å². The molecular weight excluding hydrogens is 194 g/mol. The summed E-state index contributed by atoms with van der Waals surface area (Å²) >= 11 is 0. The fourth-order valence-corrected chi connectivity index (χ4v) is 0.867. The Morgan fingerprint density at radius 2 is 2.00 bits per heavy atom. The molecule has 0 aromatic rings. The fraction of sp³-hybridized carbons (Fsp3) is 0.714. The second-order valence-corrected chi connectivity index (χ2v) is 3.01. The van der Waals surface area contributed by atoms with Crippen molar-refractivity contribution in [1.82, 2.24) is 10.7 Å². The molecule has 5 nitrogen and oxygen atoms in total. The molecule has 1 atom stereocenters. The van der Waals surface area contributed by atoms with Crippen molar-refractivity contribution < 1.29 is 9.59 Å². The van der Waals surface area contributed by atoms with Crippen LogP contribution in [0.4, 0.5) is 0 Å². The van der Waals surface area contributed by atoms with E-state index < -0.39 is 6.04 Å². The molecule has 4 N–H and O–H groups in total. The number of amides is 2. The number of nitrogens with one attached hydrogen (secondary N) is 2. The van der Waals surface area contributed by atoms with E-state index in [0.717, 1.165) is 12.8 Å². The van der Waals surface area contributed by atoms with Gasteiger partial charge in [0.25, 0.3) is 5.91 Å². The van der Waals surface area contributed by atoms with Gasteiger partial charge in [0, 0.05) is 5.92 Å². The van der Waals surface area contributed by atoms with E-state index in [1.54, 1.807) is 6.92 Å². The van der Waals surface area contributed by atoms with Gasteiger partial charge in [0.2, 0.25) is 5.91 Å². The molecule has 0 bridgehead atoms. The van der Waals surface area contributed by atoms with E-state index in [4.69, 9.17) is 5.84 Å². The third-order valence-electron chi connectivity index (χ3n) is 1.84. The molecule has 0 saturated heterocycles. The van der Waals surface area contributed by atoms with Gasteiger partial charge in [-0.25, -0.2) is 5.84 Å². The van der Waals surface area contributed by atoms with Crippen LogP contribution < -0.4 is 16.6 Å². The molecular formula is C7H14ClN3O2.